The zero-order valence-corrected chi connectivity index (χ0v) is 7.10. The summed E-state index contributed by atoms with van der Waals surface area (Å²) in [6, 6.07) is 0. The molecular formula is C8H16N2O. The molecule has 0 spiro atoms. The van der Waals surface area contributed by atoms with E-state index >= 15 is 0 Å². The minimum absolute atomic E-state index is 0.746. The van der Waals surface area contributed by atoms with Crippen molar-refractivity contribution in [1.29, 1.82) is 5.41 Å². The Labute approximate surface area is 67.8 Å². The van der Waals surface area contributed by atoms with Crippen LogP contribution in [0, 0.1) is 5.41 Å². The van der Waals surface area contributed by atoms with E-state index in [-0.39, 0.29) is 0 Å². The molecule has 0 atom stereocenters. The third kappa shape index (κ3) is 2.50. The smallest absolute Gasteiger partial charge is 0.0955 e. The molecule has 0 bridgehead atoms. The summed E-state index contributed by atoms with van der Waals surface area (Å²) in [7, 11) is 0. The molecule has 1 fully saturated rings. The van der Waals surface area contributed by atoms with Gasteiger partial charge in [0.2, 0.25) is 0 Å². The molecule has 1 saturated heterocycles. The highest BCUT2D eigenvalue weighted by molar-refractivity contribution is 5.78. The van der Waals surface area contributed by atoms with Crippen molar-refractivity contribution in [1.82, 2.24) is 4.90 Å². The molecule has 11 heavy (non-hydrogen) atoms. The zero-order valence-electron chi connectivity index (χ0n) is 7.10. The summed E-state index contributed by atoms with van der Waals surface area (Å²) >= 11 is 0. The standard InChI is InChI=1S/C8H16N2O/c1-2-8(9)10-4-3-6-11-7-5-10/h9H,2-7H2,1H3. The second-order valence-corrected chi connectivity index (χ2v) is 2.75. The molecule has 1 rings (SSSR count). The largest absolute Gasteiger partial charge is 0.380 e. The zero-order chi connectivity index (χ0) is 8.10. The number of hydrogen-bond donors (Lipinski definition) is 1. The van der Waals surface area contributed by atoms with E-state index in [2.05, 4.69) is 4.90 Å². The maximum absolute atomic E-state index is 7.60. The van der Waals surface area contributed by atoms with Gasteiger partial charge >= 0.3 is 0 Å². The van der Waals surface area contributed by atoms with Crippen LogP contribution in [0.4, 0.5) is 0 Å². The normalized spacial score (nSPS) is 19.5. The van der Waals surface area contributed by atoms with Gasteiger partial charge in [0, 0.05) is 26.1 Å². The highest BCUT2D eigenvalue weighted by Gasteiger charge is 2.09. The Morgan fingerprint density at radius 2 is 2.27 bits per heavy atom. The van der Waals surface area contributed by atoms with Gasteiger partial charge in [0.15, 0.2) is 0 Å². The highest BCUT2D eigenvalue weighted by atomic mass is 16.5. The van der Waals surface area contributed by atoms with Gasteiger partial charge < -0.3 is 9.64 Å². The van der Waals surface area contributed by atoms with Crippen LogP contribution in [0.15, 0.2) is 0 Å². The second kappa shape index (κ2) is 4.34. The van der Waals surface area contributed by atoms with E-state index in [4.69, 9.17) is 10.1 Å². The summed E-state index contributed by atoms with van der Waals surface area (Å²) in [6.45, 7) is 5.54. The number of nitrogens with one attached hydrogen (secondary N) is 1. The Balaban J connectivity index is 2.36. The first-order valence-corrected chi connectivity index (χ1v) is 4.24. The summed E-state index contributed by atoms with van der Waals surface area (Å²) in [4.78, 5) is 2.10. The van der Waals surface area contributed by atoms with Crippen LogP contribution in [0.3, 0.4) is 0 Å². The summed E-state index contributed by atoms with van der Waals surface area (Å²) in [5, 5.41) is 7.60. The number of amidine groups is 1. The van der Waals surface area contributed by atoms with E-state index in [1.807, 2.05) is 6.92 Å². The number of rotatable bonds is 1. The monoisotopic (exact) mass is 156 g/mol. The molecule has 0 aliphatic carbocycles. The lowest BCUT2D eigenvalue weighted by molar-refractivity contribution is 0.147. The third-order valence-electron chi connectivity index (χ3n) is 1.94. The van der Waals surface area contributed by atoms with E-state index in [0.29, 0.717) is 0 Å². The van der Waals surface area contributed by atoms with Crippen LogP contribution in [-0.2, 0) is 4.74 Å². The number of ether oxygens (including phenoxy) is 1. The van der Waals surface area contributed by atoms with Crippen LogP contribution in [0.5, 0.6) is 0 Å². The van der Waals surface area contributed by atoms with Gasteiger partial charge in [0.25, 0.3) is 0 Å². The van der Waals surface area contributed by atoms with Crippen molar-refractivity contribution in [2.24, 2.45) is 0 Å². The molecule has 0 unspecified atom stereocenters. The predicted octanol–water partition coefficient (Wildman–Crippen LogP) is 1.10. The molecule has 3 nitrogen and oxygen atoms in total. The van der Waals surface area contributed by atoms with Gasteiger partial charge in [0.05, 0.1) is 12.4 Å². The lowest BCUT2D eigenvalue weighted by Gasteiger charge is -2.21. The van der Waals surface area contributed by atoms with Crippen molar-refractivity contribution >= 4 is 5.84 Å². The van der Waals surface area contributed by atoms with Crippen molar-refractivity contribution in [3.05, 3.63) is 0 Å². The van der Waals surface area contributed by atoms with E-state index in [0.717, 1.165) is 45.0 Å². The molecule has 0 aromatic rings. The fourth-order valence-corrected chi connectivity index (χ4v) is 1.24. The number of nitrogens with zero attached hydrogens (tertiary/aromatic N) is 1. The van der Waals surface area contributed by atoms with Crippen LogP contribution in [0.1, 0.15) is 19.8 Å². The Morgan fingerprint density at radius 1 is 1.45 bits per heavy atom. The molecule has 0 saturated carbocycles. The van der Waals surface area contributed by atoms with Crippen molar-refractivity contribution < 1.29 is 4.74 Å². The van der Waals surface area contributed by atoms with Crippen LogP contribution < -0.4 is 0 Å². The van der Waals surface area contributed by atoms with Crippen LogP contribution in [-0.4, -0.2) is 37.0 Å². The average Bonchev–Trinajstić information content (AvgIpc) is 2.30. The topological polar surface area (TPSA) is 36.3 Å². The van der Waals surface area contributed by atoms with Gasteiger partial charge in [-0.05, 0) is 6.42 Å². The van der Waals surface area contributed by atoms with Gasteiger partial charge in [0.1, 0.15) is 0 Å². The van der Waals surface area contributed by atoms with Crippen molar-refractivity contribution in [3.8, 4) is 0 Å². The van der Waals surface area contributed by atoms with E-state index in [9.17, 15) is 0 Å². The van der Waals surface area contributed by atoms with Gasteiger partial charge in [-0.15, -0.1) is 0 Å². The van der Waals surface area contributed by atoms with Crippen LogP contribution in [0.25, 0.3) is 0 Å². The second-order valence-electron chi connectivity index (χ2n) is 2.75. The molecular weight excluding hydrogens is 140 g/mol. The van der Waals surface area contributed by atoms with Crippen LogP contribution >= 0.6 is 0 Å². The maximum atomic E-state index is 7.60. The molecule has 64 valence electrons. The highest BCUT2D eigenvalue weighted by Crippen LogP contribution is 2.01. The lowest BCUT2D eigenvalue weighted by atomic mass is 10.3. The van der Waals surface area contributed by atoms with Crippen LogP contribution in [0.2, 0.25) is 0 Å². The molecule has 1 heterocycles. The van der Waals surface area contributed by atoms with Crippen molar-refractivity contribution in [2.75, 3.05) is 26.3 Å². The summed E-state index contributed by atoms with van der Waals surface area (Å²) in [5.41, 5.74) is 0. The lowest BCUT2D eigenvalue weighted by Crippen LogP contribution is -2.31. The molecule has 3 heteroatoms. The average molecular weight is 156 g/mol. The van der Waals surface area contributed by atoms with Gasteiger partial charge in [-0.1, -0.05) is 6.92 Å². The Morgan fingerprint density at radius 3 is 3.00 bits per heavy atom. The van der Waals surface area contributed by atoms with E-state index in [1.54, 1.807) is 0 Å². The minimum Gasteiger partial charge on any atom is -0.380 e. The third-order valence-corrected chi connectivity index (χ3v) is 1.94. The molecule has 0 aromatic carbocycles. The molecule has 1 aliphatic rings. The predicted molar refractivity (Wildman–Crippen MR) is 45.0 cm³/mol. The Bertz CT molecular complexity index is 128. The fraction of sp³-hybridized carbons (Fsp3) is 0.875. The van der Waals surface area contributed by atoms with Crippen molar-refractivity contribution in [2.45, 2.75) is 19.8 Å². The first-order chi connectivity index (χ1) is 5.34. The SMILES string of the molecule is CCC(=N)N1CCCOCC1. The first kappa shape index (κ1) is 8.53. The summed E-state index contributed by atoms with van der Waals surface area (Å²) in [5.74, 6) is 0.746. The Kier molecular flexibility index (Phi) is 3.36. The van der Waals surface area contributed by atoms with Gasteiger partial charge in [-0.3, -0.25) is 5.41 Å². The first-order valence-electron chi connectivity index (χ1n) is 4.24. The quantitative estimate of drug-likeness (QED) is 0.456. The van der Waals surface area contributed by atoms with Gasteiger partial charge in [-0.2, -0.15) is 0 Å². The summed E-state index contributed by atoms with van der Waals surface area (Å²) < 4.78 is 5.28. The van der Waals surface area contributed by atoms with Gasteiger partial charge in [-0.25, -0.2) is 0 Å². The van der Waals surface area contributed by atoms with E-state index in [1.165, 1.54) is 0 Å². The number of hydrogen-bond acceptors (Lipinski definition) is 2. The fourth-order valence-electron chi connectivity index (χ4n) is 1.24. The molecule has 0 aromatic heterocycles. The molecule has 0 amide bonds. The molecule has 0 radical (unpaired) electrons. The Hall–Kier alpha value is -0.570. The maximum Gasteiger partial charge on any atom is 0.0955 e. The van der Waals surface area contributed by atoms with Crippen molar-refractivity contribution in [3.63, 3.8) is 0 Å². The molecule has 1 aliphatic heterocycles. The molecule has 1 N–H and O–H groups in total. The minimum atomic E-state index is 0.746. The van der Waals surface area contributed by atoms with E-state index < -0.39 is 0 Å². The summed E-state index contributed by atoms with van der Waals surface area (Å²) in [6.07, 6.45) is 1.89.